The summed E-state index contributed by atoms with van der Waals surface area (Å²) in [5.41, 5.74) is 0.871. The topological polar surface area (TPSA) is 103 Å². The summed E-state index contributed by atoms with van der Waals surface area (Å²) in [4.78, 5) is 41.0. The van der Waals surface area contributed by atoms with Crippen molar-refractivity contribution in [3.8, 4) is 0 Å². The number of amides is 1. The Hall–Kier alpha value is -3.07. The molecule has 0 unspecified atom stereocenters. The van der Waals surface area contributed by atoms with E-state index in [4.69, 9.17) is 4.74 Å². The SMILES string of the molecule is CCC(=O)Nc1cccc(C(=O)OCc2cc(=O)n3nc(CC(C)C)sc3n2)c1. The highest BCUT2D eigenvalue weighted by atomic mass is 32.1. The molecule has 29 heavy (non-hydrogen) atoms. The van der Waals surface area contributed by atoms with Crippen molar-refractivity contribution in [3.05, 3.63) is 57.0 Å². The van der Waals surface area contributed by atoms with E-state index in [0.717, 1.165) is 11.4 Å². The molecule has 152 valence electrons. The zero-order valence-electron chi connectivity index (χ0n) is 16.5. The van der Waals surface area contributed by atoms with Crippen molar-refractivity contribution in [3.63, 3.8) is 0 Å². The van der Waals surface area contributed by atoms with Gasteiger partial charge in [-0.25, -0.2) is 9.78 Å². The number of carbonyl (C=O) groups excluding carboxylic acids is 2. The molecule has 0 saturated heterocycles. The molecule has 2 heterocycles. The number of hydrogen-bond acceptors (Lipinski definition) is 7. The van der Waals surface area contributed by atoms with Gasteiger partial charge in [0, 0.05) is 24.6 Å². The first-order chi connectivity index (χ1) is 13.9. The second-order valence-electron chi connectivity index (χ2n) is 6.93. The molecule has 0 atom stereocenters. The Morgan fingerprint density at radius 1 is 1.28 bits per heavy atom. The standard InChI is InChI=1S/C20H22N4O4S/c1-4-16(25)21-14-7-5-6-13(9-14)19(27)28-11-15-10-18(26)24-20(22-15)29-17(23-24)8-12(2)3/h5-7,9-10,12H,4,8,11H2,1-3H3,(H,21,25). The van der Waals surface area contributed by atoms with Crippen molar-refractivity contribution in [2.45, 2.75) is 40.2 Å². The zero-order chi connectivity index (χ0) is 21.0. The van der Waals surface area contributed by atoms with Crippen LogP contribution < -0.4 is 10.9 Å². The summed E-state index contributed by atoms with van der Waals surface area (Å²) in [5.74, 6) is -0.288. The van der Waals surface area contributed by atoms with Crippen molar-refractivity contribution >= 4 is 33.9 Å². The molecule has 1 aromatic carbocycles. The number of esters is 1. The predicted octanol–water partition coefficient (Wildman–Crippen LogP) is 3.06. The van der Waals surface area contributed by atoms with E-state index >= 15 is 0 Å². The smallest absolute Gasteiger partial charge is 0.338 e. The molecule has 0 aliphatic heterocycles. The van der Waals surface area contributed by atoms with Gasteiger partial charge < -0.3 is 10.1 Å². The number of fused-ring (bicyclic) bond motifs is 1. The van der Waals surface area contributed by atoms with Gasteiger partial charge in [-0.1, -0.05) is 38.2 Å². The molecule has 0 saturated carbocycles. The second kappa shape index (κ2) is 8.95. The van der Waals surface area contributed by atoms with E-state index in [1.54, 1.807) is 31.2 Å². The number of aromatic nitrogens is 3. The Bertz CT molecular complexity index is 1100. The lowest BCUT2D eigenvalue weighted by Crippen LogP contribution is -2.17. The highest BCUT2D eigenvalue weighted by Gasteiger charge is 2.13. The van der Waals surface area contributed by atoms with Crippen LogP contribution in [0.1, 0.15) is 48.3 Å². The first-order valence-electron chi connectivity index (χ1n) is 9.31. The molecule has 0 radical (unpaired) electrons. The minimum absolute atomic E-state index is 0.131. The third-order valence-corrected chi connectivity index (χ3v) is 4.91. The minimum atomic E-state index is -0.565. The monoisotopic (exact) mass is 414 g/mol. The second-order valence-corrected chi connectivity index (χ2v) is 7.97. The van der Waals surface area contributed by atoms with E-state index in [2.05, 4.69) is 29.2 Å². The number of hydrogen-bond donors (Lipinski definition) is 1. The van der Waals surface area contributed by atoms with Gasteiger partial charge in [0.2, 0.25) is 10.9 Å². The van der Waals surface area contributed by atoms with Crippen LogP contribution in [0.3, 0.4) is 0 Å². The maximum absolute atomic E-state index is 12.3. The summed E-state index contributed by atoms with van der Waals surface area (Å²) in [5, 5.41) is 7.83. The predicted molar refractivity (Wildman–Crippen MR) is 110 cm³/mol. The lowest BCUT2D eigenvalue weighted by Gasteiger charge is -2.07. The van der Waals surface area contributed by atoms with E-state index in [1.165, 1.54) is 21.9 Å². The third kappa shape index (κ3) is 5.26. The molecule has 8 nitrogen and oxygen atoms in total. The molecule has 0 aliphatic rings. The van der Waals surface area contributed by atoms with Crippen LogP contribution in [0.15, 0.2) is 35.1 Å². The van der Waals surface area contributed by atoms with Gasteiger partial charge in [-0.05, 0) is 24.1 Å². The van der Waals surface area contributed by atoms with E-state index in [-0.39, 0.29) is 18.1 Å². The van der Waals surface area contributed by atoms with Crippen LogP contribution in [0, 0.1) is 5.92 Å². The first kappa shape index (κ1) is 20.7. The lowest BCUT2D eigenvalue weighted by atomic mass is 10.1. The number of benzene rings is 1. The van der Waals surface area contributed by atoms with Crippen LogP contribution >= 0.6 is 11.3 Å². The molecule has 0 aliphatic carbocycles. The van der Waals surface area contributed by atoms with Crippen LogP contribution in [-0.2, 0) is 22.6 Å². The van der Waals surface area contributed by atoms with Gasteiger partial charge in [0.15, 0.2) is 0 Å². The Labute approximate surface area is 171 Å². The number of nitrogens with zero attached hydrogens (tertiary/aromatic N) is 3. The normalized spacial score (nSPS) is 11.0. The quantitative estimate of drug-likeness (QED) is 0.596. The summed E-state index contributed by atoms with van der Waals surface area (Å²) in [7, 11) is 0. The summed E-state index contributed by atoms with van der Waals surface area (Å²) in [6.07, 6.45) is 1.11. The summed E-state index contributed by atoms with van der Waals surface area (Å²) in [6.45, 7) is 5.77. The highest BCUT2D eigenvalue weighted by Crippen LogP contribution is 2.16. The van der Waals surface area contributed by atoms with Gasteiger partial charge in [-0.2, -0.15) is 9.61 Å². The van der Waals surface area contributed by atoms with Crippen molar-refractivity contribution in [1.29, 1.82) is 0 Å². The van der Waals surface area contributed by atoms with Crippen LogP contribution in [0.4, 0.5) is 5.69 Å². The molecule has 1 N–H and O–H groups in total. The van der Waals surface area contributed by atoms with E-state index in [0.29, 0.717) is 34.2 Å². The Balaban J connectivity index is 1.71. The molecule has 3 rings (SSSR count). The maximum Gasteiger partial charge on any atom is 0.338 e. The van der Waals surface area contributed by atoms with Crippen molar-refractivity contribution in [2.75, 3.05) is 5.32 Å². The highest BCUT2D eigenvalue weighted by molar-refractivity contribution is 7.16. The van der Waals surface area contributed by atoms with E-state index in [9.17, 15) is 14.4 Å². The molecule has 0 spiro atoms. The van der Waals surface area contributed by atoms with Gasteiger partial charge in [-0.3, -0.25) is 9.59 Å². The summed E-state index contributed by atoms with van der Waals surface area (Å²) in [6, 6.07) is 7.81. The van der Waals surface area contributed by atoms with Gasteiger partial charge in [0.05, 0.1) is 11.3 Å². The first-order valence-corrected chi connectivity index (χ1v) is 10.1. The van der Waals surface area contributed by atoms with E-state index in [1.807, 2.05) is 0 Å². The number of anilines is 1. The lowest BCUT2D eigenvalue weighted by molar-refractivity contribution is -0.115. The fourth-order valence-electron chi connectivity index (χ4n) is 2.60. The van der Waals surface area contributed by atoms with Gasteiger partial charge in [0.25, 0.3) is 5.56 Å². The molecule has 0 fully saturated rings. The van der Waals surface area contributed by atoms with Gasteiger partial charge in [-0.15, -0.1) is 0 Å². The average Bonchev–Trinajstić information content (AvgIpc) is 3.08. The number of ether oxygens (including phenoxy) is 1. The number of rotatable bonds is 7. The Morgan fingerprint density at radius 2 is 2.07 bits per heavy atom. The fraction of sp³-hybridized carbons (Fsp3) is 0.350. The van der Waals surface area contributed by atoms with Crippen molar-refractivity contribution in [1.82, 2.24) is 14.6 Å². The minimum Gasteiger partial charge on any atom is -0.456 e. The van der Waals surface area contributed by atoms with Gasteiger partial charge in [0.1, 0.15) is 11.6 Å². The fourth-order valence-corrected chi connectivity index (χ4v) is 3.73. The Kier molecular flexibility index (Phi) is 6.38. The van der Waals surface area contributed by atoms with Crippen molar-refractivity contribution < 1.29 is 14.3 Å². The van der Waals surface area contributed by atoms with Crippen LogP contribution in [0.5, 0.6) is 0 Å². The van der Waals surface area contributed by atoms with Crippen LogP contribution in [0.25, 0.3) is 4.96 Å². The largest absolute Gasteiger partial charge is 0.456 e. The molecular weight excluding hydrogens is 392 g/mol. The molecule has 1 amide bonds. The third-order valence-electron chi connectivity index (χ3n) is 3.98. The zero-order valence-corrected chi connectivity index (χ0v) is 17.3. The average molecular weight is 414 g/mol. The molecular formula is C20H22N4O4S. The van der Waals surface area contributed by atoms with Gasteiger partial charge >= 0.3 is 5.97 Å². The van der Waals surface area contributed by atoms with Crippen LogP contribution in [0.2, 0.25) is 0 Å². The number of nitrogens with one attached hydrogen (secondary N) is 1. The molecule has 0 bridgehead atoms. The van der Waals surface area contributed by atoms with Crippen molar-refractivity contribution in [2.24, 2.45) is 5.92 Å². The summed E-state index contributed by atoms with van der Waals surface area (Å²) >= 11 is 1.35. The van der Waals surface area contributed by atoms with E-state index < -0.39 is 5.97 Å². The molecule has 2 aromatic heterocycles. The summed E-state index contributed by atoms with van der Waals surface area (Å²) < 4.78 is 6.57. The molecule has 3 aromatic rings. The molecule has 9 heteroatoms. The van der Waals surface area contributed by atoms with Crippen LogP contribution in [-0.4, -0.2) is 26.5 Å². The maximum atomic E-state index is 12.3. The Morgan fingerprint density at radius 3 is 2.79 bits per heavy atom. The number of carbonyl (C=O) groups is 2.